The number of halogens is 3. The zero-order chi connectivity index (χ0) is 12.5. The van der Waals surface area contributed by atoms with Gasteiger partial charge in [-0.25, -0.2) is 4.79 Å². The van der Waals surface area contributed by atoms with Crippen LogP contribution in [0, 0.1) is 11.8 Å². The normalized spacial score (nSPS) is 20.2. The lowest BCUT2D eigenvalue weighted by Gasteiger charge is -2.22. The highest BCUT2D eigenvalue weighted by Crippen LogP contribution is 2.34. The van der Waals surface area contributed by atoms with Crippen molar-refractivity contribution in [3.8, 4) is 0 Å². The predicted octanol–water partition coefficient (Wildman–Crippen LogP) is 2.81. The molecular weight excluding hydrogens is 235 g/mol. The summed E-state index contributed by atoms with van der Waals surface area (Å²) in [5.74, 6) is 0.930. The number of rotatable bonds is 5. The van der Waals surface area contributed by atoms with Crippen molar-refractivity contribution in [2.75, 3.05) is 19.7 Å². The van der Waals surface area contributed by atoms with E-state index in [4.69, 9.17) is 0 Å². The minimum Gasteiger partial charge on any atom is -0.440 e. The Morgan fingerprint density at radius 2 is 1.59 bits per heavy atom. The second-order valence-corrected chi connectivity index (χ2v) is 4.96. The monoisotopic (exact) mass is 251 g/mol. The minimum absolute atomic E-state index is 0.465. The fourth-order valence-electron chi connectivity index (χ4n) is 1.68. The fourth-order valence-corrected chi connectivity index (χ4v) is 1.68. The highest BCUT2D eigenvalue weighted by Gasteiger charge is 2.34. The number of hydrogen-bond acceptors (Lipinski definition) is 2. The van der Waals surface area contributed by atoms with Crippen LogP contribution in [0.25, 0.3) is 0 Å². The molecule has 0 aliphatic heterocycles. The fraction of sp³-hybridized carbons (Fsp3) is 0.909. The predicted molar refractivity (Wildman–Crippen MR) is 54.4 cm³/mol. The van der Waals surface area contributed by atoms with Gasteiger partial charge in [0.2, 0.25) is 0 Å². The molecule has 0 atom stereocenters. The molecular formula is C11H16F3NO2. The van der Waals surface area contributed by atoms with E-state index < -0.39 is 18.9 Å². The van der Waals surface area contributed by atoms with E-state index in [1.807, 2.05) is 0 Å². The van der Waals surface area contributed by atoms with Gasteiger partial charge in [-0.05, 0) is 37.5 Å². The second-order valence-electron chi connectivity index (χ2n) is 4.96. The highest BCUT2D eigenvalue weighted by molar-refractivity contribution is 5.67. The smallest absolute Gasteiger partial charge is 0.422 e. The Hall–Kier alpha value is -0.940. The van der Waals surface area contributed by atoms with Crippen molar-refractivity contribution in [3.05, 3.63) is 0 Å². The Balaban J connectivity index is 1.77. The lowest BCUT2D eigenvalue weighted by atomic mass is 10.3. The molecule has 17 heavy (non-hydrogen) atoms. The quantitative estimate of drug-likeness (QED) is 0.752. The van der Waals surface area contributed by atoms with E-state index in [1.54, 1.807) is 0 Å². The van der Waals surface area contributed by atoms with E-state index in [0.29, 0.717) is 24.9 Å². The first-order chi connectivity index (χ1) is 7.94. The van der Waals surface area contributed by atoms with Crippen molar-refractivity contribution in [1.29, 1.82) is 0 Å². The number of amides is 1. The molecule has 2 saturated carbocycles. The van der Waals surface area contributed by atoms with Crippen LogP contribution < -0.4 is 0 Å². The first-order valence-corrected chi connectivity index (χ1v) is 5.92. The Kier molecular flexibility index (Phi) is 3.49. The molecule has 0 bridgehead atoms. The molecule has 2 aliphatic carbocycles. The van der Waals surface area contributed by atoms with Gasteiger partial charge in [-0.15, -0.1) is 0 Å². The molecule has 0 aromatic carbocycles. The molecule has 0 aromatic rings. The summed E-state index contributed by atoms with van der Waals surface area (Å²) in [7, 11) is 0. The van der Waals surface area contributed by atoms with Crippen LogP contribution in [0.15, 0.2) is 0 Å². The van der Waals surface area contributed by atoms with E-state index in [-0.39, 0.29) is 0 Å². The summed E-state index contributed by atoms with van der Waals surface area (Å²) in [6.07, 6.45) is -1.01. The standard InChI is InChI=1S/C11H16F3NO2/c12-11(13,14)7-17-10(16)15(5-8-1-2-8)6-9-3-4-9/h8-9H,1-7H2. The van der Waals surface area contributed by atoms with Gasteiger partial charge in [-0.3, -0.25) is 0 Å². The molecule has 2 aliphatic rings. The number of carbonyl (C=O) groups is 1. The van der Waals surface area contributed by atoms with Crippen molar-refractivity contribution in [1.82, 2.24) is 4.90 Å². The largest absolute Gasteiger partial charge is 0.440 e. The van der Waals surface area contributed by atoms with Crippen molar-refractivity contribution in [2.24, 2.45) is 11.8 Å². The Bertz CT molecular complexity index is 271. The van der Waals surface area contributed by atoms with Gasteiger partial charge >= 0.3 is 12.3 Å². The van der Waals surface area contributed by atoms with E-state index in [2.05, 4.69) is 4.74 Å². The van der Waals surface area contributed by atoms with Crippen molar-refractivity contribution >= 4 is 6.09 Å². The number of carbonyl (C=O) groups excluding carboxylic acids is 1. The van der Waals surface area contributed by atoms with Gasteiger partial charge in [0.25, 0.3) is 0 Å². The van der Waals surface area contributed by atoms with Crippen LogP contribution in [-0.4, -0.2) is 36.9 Å². The summed E-state index contributed by atoms with van der Waals surface area (Å²) in [6, 6.07) is 0. The molecule has 0 aromatic heterocycles. The average Bonchev–Trinajstić information content (AvgIpc) is 3.05. The molecule has 0 N–H and O–H groups in total. The van der Waals surface area contributed by atoms with Crippen LogP contribution in [0.3, 0.4) is 0 Å². The number of nitrogens with zero attached hydrogens (tertiary/aromatic N) is 1. The maximum atomic E-state index is 11.9. The SMILES string of the molecule is O=C(OCC(F)(F)F)N(CC1CC1)CC1CC1. The lowest BCUT2D eigenvalue weighted by Crippen LogP contribution is -2.37. The summed E-state index contributed by atoms with van der Waals surface area (Å²) in [4.78, 5) is 13.0. The third-order valence-corrected chi connectivity index (χ3v) is 2.97. The van der Waals surface area contributed by atoms with Crippen molar-refractivity contribution in [2.45, 2.75) is 31.9 Å². The van der Waals surface area contributed by atoms with Crippen LogP contribution >= 0.6 is 0 Å². The molecule has 0 unspecified atom stereocenters. The number of alkyl halides is 3. The molecule has 98 valence electrons. The van der Waals surface area contributed by atoms with Gasteiger partial charge in [-0.2, -0.15) is 13.2 Å². The van der Waals surface area contributed by atoms with Crippen molar-refractivity contribution in [3.63, 3.8) is 0 Å². The van der Waals surface area contributed by atoms with Crippen LogP contribution in [-0.2, 0) is 4.74 Å². The molecule has 0 saturated heterocycles. The Labute approximate surface area is 97.9 Å². The molecule has 2 rings (SSSR count). The third-order valence-electron chi connectivity index (χ3n) is 2.97. The topological polar surface area (TPSA) is 29.5 Å². The van der Waals surface area contributed by atoms with Gasteiger partial charge in [-0.1, -0.05) is 0 Å². The summed E-state index contributed by atoms with van der Waals surface area (Å²) in [5.41, 5.74) is 0. The van der Waals surface area contributed by atoms with Crippen LogP contribution in [0.2, 0.25) is 0 Å². The molecule has 3 nitrogen and oxygen atoms in total. The second kappa shape index (κ2) is 4.74. The first kappa shape index (κ1) is 12.5. The summed E-state index contributed by atoms with van der Waals surface area (Å²) in [6.45, 7) is -0.391. The highest BCUT2D eigenvalue weighted by atomic mass is 19.4. The summed E-state index contributed by atoms with van der Waals surface area (Å²) >= 11 is 0. The maximum absolute atomic E-state index is 11.9. The van der Waals surface area contributed by atoms with Crippen molar-refractivity contribution < 1.29 is 22.7 Å². The molecule has 0 radical (unpaired) electrons. The van der Waals surface area contributed by atoms with E-state index >= 15 is 0 Å². The van der Waals surface area contributed by atoms with Gasteiger partial charge < -0.3 is 9.64 Å². The Morgan fingerprint density at radius 1 is 1.12 bits per heavy atom. The van der Waals surface area contributed by atoms with E-state index in [0.717, 1.165) is 25.7 Å². The van der Waals surface area contributed by atoms with Gasteiger partial charge in [0.05, 0.1) is 0 Å². The van der Waals surface area contributed by atoms with Crippen LogP contribution in [0.1, 0.15) is 25.7 Å². The molecule has 2 fully saturated rings. The van der Waals surface area contributed by atoms with Crippen LogP contribution in [0.5, 0.6) is 0 Å². The molecule has 0 spiro atoms. The summed E-state index contributed by atoms with van der Waals surface area (Å²) < 4.78 is 40.1. The number of hydrogen-bond donors (Lipinski definition) is 0. The van der Waals surface area contributed by atoms with E-state index in [9.17, 15) is 18.0 Å². The molecule has 0 heterocycles. The minimum atomic E-state index is -4.44. The molecule has 1 amide bonds. The zero-order valence-electron chi connectivity index (χ0n) is 9.50. The lowest BCUT2D eigenvalue weighted by molar-refractivity contribution is -0.162. The third kappa shape index (κ3) is 4.83. The van der Waals surface area contributed by atoms with Crippen LogP contribution in [0.4, 0.5) is 18.0 Å². The van der Waals surface area contributed by atoms with Gasteiger partial charge in [0.15, 0.2) is 6.61 Å². The zero-order valence-corrected chi connectivity index (χ0v) is 9.50. The van der Waals surface area contributed by atoms with E-state index in [1.165, 1.54) is 4.90 Å². The maximum Gasteiger partial charge on any atom is 0.422 e. The Morgan fingerprint density at radius 3 is 1.94 bits per heavy atom. The average molecular weight is 251 g/mol. The molecule has 6 heteroatoms. The first-order valence-electron chi connectivity index (χ1n) is 5.92. The number of ether oxygens (including phenoxy) is 1. The summed E-state index contributed by atoms with van der Waals surface area (Å²) in [5, 5.41) is 0. The van der Waals surface area contributed by atoms with Gasteiger partial charge in [0.1, 0.15) is 0 Å². The van der Waals surface area contributed by atoms with Gasteiger partial charge in [0, 0.05) is 13.1 Å².